The number of fused-ring (bicyclic) bond motifs is 1. The van der Waals surface area contributed by atoms with Crippen LogP contribution in [-0.4, -0.2) is 34.9 Å². The molecule has 0 bridgehead atoms. The van der Waals surface area contributed by atoms with Gasteiger partial charge in [-0.25, -0.2) is 4.79 Å². The number of hydrogen-bond donors (Lipinski definition) is 2. The van der Waals surface area contributed by atoms with Crippen molar-refractivity contribution in [1.29, 1.82) is 0 Å². The van der Waals surface area contributed by atoms with Gasteiger partial charge in [0.1, 0.15) is 5.78 Å². The van der Waals surface area contributed by atoms with Gasteiger partial charge in [0, 0.05) is 50.1 Å². The number of hydrogen-bond acceptors (Lipinski definition) is 3. The van der Waals surface area contributed by atoms with Crippen molar-refractivity contribution < 1.29 is 42.3 Å². The van der Waals surface area contributed by atoms with Gasteiger partial charge in [0.25, 0.3) is 0 Å². The van der Waals surface area contributed by atoms with Crippen molar-refractivity contribution in [3.05, 3.63) is 14.4 Å². The van der Waals surface area contributed by atoms with E-state index in [4.69, 9.17) is 0 Å². The maximum absolute atomic E-state index is 11.2. The van der Waals surface area contributed by atoms with Crippen LogP contribution in [0.4, 0.5) is 4.79 Å². The van der Waals surface area contributed by atoms with Gasteiger partial charge < -0.3 is 29.8 Å². The number of amides is 2. The summed E-state index contributed by atoms with van der Waals surface area (Å²) < 4.78 is 0. The molecule has 0 aromatic carbocycles. The topological polar surface area (TPSA) is 58.2 Å². The van der Waals surface area contributed by atoms with Gasteiger partial charge in [-0.05, 0) is 12.8 Å². The third-order valence-electron chi connectivity index (χ3n) is 3.41. The molecule has 19 heavy (non-hydrogen) atoms. The Bertz CT molecular complexity index is 315. The van der Waals surface area contributed by atoms with Crippen molar-refractivity contribution in [2.75, 3.05) is 5.75 Å². The van der Waals surface area contributed by atoms with E-state index in [1.165, 1.54) is 0 Å². The molecule has 1 radical (unpaired) electrons. The van der Waals surface area contributed by atoms with E-state index in [0.29, 0.717) is 24.1 Å². The number of carbonyl (C=O) groups is 2. The van der Waals surface area contributed by atoms with E-state index >= 15 is 0 Å². The fourth-order valence-corrected chi connectivity index (χ4v) is 3.98. The average molecular weight is 359 g/mol. The molecule has 2 heterocycles. The van der Waals surface area contributed by atoms with Crippen LogP contribution in [0.1, 0.15) is 32.1 Å². The molecule has 2 saturated heterocycles. The predicted molar refractivity (Wildman–Crippen MR) is 75.4 cm³/mol. The van der Waals surface area contributed by atoms with Crippen LogP contribution in [0.2, 0.25) is 0 Å². The Morgan fingerprint density at radius 1 is 1.37 bits per heavy atom. The molecule has 4 nitrogen and oxygen atoms in total. The number of thioether (sulfide) groups is 1. The quantitative estimate of drug-likeness (QED) is 0.433. The van der Waals surface area contributed by atoms with E-state index in [-0.39, 0.29) is 58.0 Å². The Hall–Kier alpha value is 0.394. The first-order valence-corrected chi connectivity index (χ1v) is 7.25. The van der Waals surface area contributed by atoms with E-state index in [2.05, 4.69) is 17.6 Å². The van der Waals surface area contributed by atoms with Crippen molar-refractivity contribution >= 4 is 23.6 Å². The minimum atomic E-state index is -0.0301. The van der Waals surface area contributed by atoms with Gasteiger partial charge in [0.15, 0.2) is 0 Å². The first-order valence-electron chi connectivity index (χ1n) is 6.20. The van der Waals surface area contributed by atoms with Crippen LogP contribution in [0.15, 0.2) is 0 Å². The van der Waals surface area contributed by atoms with E-state index in [9.17, 15) is 9.59 Å². The molecule has 2 N–H and O–H groups in total. The van der Waals surface area contributed by atoms with Crippen molar-refractivity contribution in [3.8, 4) is 0 Å². The molecule has 3 atom stereocenters. The fourth-order valence-electron chi connectivity index (χ4n) is 2.44. The largest absolute Gasteiger partial charge is 0.358 e. The van der Waals surface area contributed by atoms with Gasteiger partial charge >= 0.3 is 6.03 Å². The molecule has 0 aromatic rings. The number of carbonyl (C=O) groups excluding carboxylic acids is 2. The molecule has 107 valence electrons. The Morgan fingerprint density at radius 2 is 2.11 bits per heavy atom. The smallest absolute Gasteiger partial charge is 0.315 e. The summed E-state index contributed by atoms with van der Waals surface area (Å²) in [5.74, 6) is 1.25. The number of Topliss-reactive ketones (excluding diaryl/α,β-unsaturated/α-hetero) is 1. The second-order valence-electron chi connectivity index (χ2n) is 4.66. The average Bonchev–Trinajstić information content (AvgIpc) is 2.84. The number of urea groups is 1. The van der Waals surface area contributed by atoms with Crippen LogP contribution >= 0.6 is 11.8 Å². The van der Waals surface area contributed by atoms with Gasteiger partial charge in [-0.2, -0.15) is 11.8 Å². The van der Waals surface area contributed by atoms with Crippen LogP contribution in [0.25, 0.3) is 0 Å². The molecule has 0 spiro atoms. The SMILES string of the molecule is [CH2-]CC(=O)CCCCC1SC[C@H]2NC(=O)N[C@@H]12.[CH3-].[Y]. The summed E-state index contributed by atoms with van der Waals surface area (Å²) in [4.78, 5) is 22.3. The molecule has 1 unspecified atom stereocenters. The summed E-state index contributed by atoms with van der Waals surface area (Å²) in [6.45, 7) is 3.58. The van der Waals surface area contributed by atoms with Crippen LogP contribution in [-0.2, 0) is 37.5 Å². The zero-order chi connectivity index (χ0) is 12.3. The van der Waals surface area contributed by atoms with Crippen LogP contribution in [0.5, 0.6) is 0 Å². The second-order valence-corrected chi connectivity index (χ2v) is 5.93. The third-order valence-corrected chi connectivity index (χ3v) is 4.92. The molecule has 6 heteroatoms. The number of nitrogens with one attached hydrogen (secondary N) is 2. The van der Waals surface area contributed by atoms with Crippen LogP contribution in [0.3, 0.4) is 0 Å². The summed E-state index contributed by atoms with van der Waals surface area (Å²) in [6.07, 6.45) is 4.15. The van der Waals surface area contributed by atoms with Gasteiger partial charge in [0.2, 0.25) is 0 Å². The van der Waals surface area contributed by atoms with E-state index in [1.807, 2.05) is 11.8 Å². The van der Waals surface area contributed by atoms with Crippen molar-refractivity contribution in [2.45, 2.75) is 49.4 Å². The molecule has 0 saturated carbocycles. The molecular formula is C13H22N2O2SY-2. The van der Waals surface area contributed by atoms with Crippen LogP contribution < -0.4 is 10.6 Å². The Kier molecular flexibility index (Phi) is 9.55. The zero-order valence-electron chi connectivity index (χ0n) is 11.5. The van der Waals surface area contributed by atoms with Crippen molar-refractivity contribution in [3.63, 3.8) is 0 Å². The summed E-state index contributed by atoms with van der Waals surface area (Å²) in [5, 5.41) is 6.42. The molecule has 2 rings (SSSR count). The van der Waals surface area contributed by atoms with E-state index in [1.54, 1.807) is 0 Å². The molecule has 2 fully saturated rings. The Morgan fingerprint density at radius 3 is 2.79 bits per heavy atom. The maximum Gasteiger partial charge on any atom is 0.315 e. The summed E-state index contributed by atoms with van der Waals surface area (Å²) >= 11 is 1.93. The van der Waals surface area contributed by atoms with Crippen LogP contribution in [0, 0.1) is 14.4 Å². The van der Waals surface area contributed by atoms with E-state index < -0.39 is 0 Å². The molecule has 2 amide bonds. The fraction of sp³-hybridized carbons (Fsp3) is 0.692. The van der Waals surface area contributed by atoms with E-state index in [0.717, 1.165) is 25.0 Å². The summed E-state index contributed by atoms with van der Waals surface area (Å²) in [5.41, 5.74) is 0. The number of ketones is 1. The Balaban J connectivity index is 0.00000162. The molecule has 2 aliphatic heterocycles. The summed E-state index contributed by atoms with van der Waals surface area (Å²) in [6, 6.07) is 0.563. The number of unbranched alkanes of at least 4 members (excludes halogenated alkanes) is 1. The molecule has 0 aromatic heterocycles. The predicted octanol–water partition coefficient (Wildman–Crippen LogP) is 1.95. The Labute approximate surface area is 145 Å². The minimum absolute atomic E-state index is 0. The molecule has 2 aliphatic rings. The van der Waals surface area contributed by atoms with Gasteiger partial charge in [-0.1, -0.05) is 6.42 Å². The van der Waals surface area contributed by atoms with Gasteiger partial charge in [0.05, 0.1) is 12.1 Å². The number of rotatable bonds is 6. The zero-order valence-corrected chi connectivity index (χ0v) is 15.1. The second kappa shape index (κ2) is 9.35. The normalized spacial score (nSPS) is 27.6. The molecule has 0 aliphatic carbocycles. The standard InChI is InChI=1S/C12H19N2O2S.CH3.Y/c1-2-8(15)5-3-4-6-10-11-9(7-17-10)13-12(16)14-11;;/h9-11H,1-7H2,(H2,13,14,16);1H3;/q2*-1;/t9-,10?,11-;;/m1../s1. The van der Waals surface area contributed by atoms with Gasteiger partial charge in [-0.3, -0.25) is 0 Å². The summed E-state index contributed by atoms with van der Waals surface area (Å²) in [7, 11) is 0. The third kappa shape index (κ3) is 5.35. The monoisotopic (exact) mass is 359 g/mol. The first-order chi connectivity index (χ1) is 8.20. The van der Waals surface area contributed by atoms with Crippen molar-refractivity contribution in [1.82, 2.24) is 10.6 Å². The minimum Gasteiger partial charge on any atom is -0.358 e. The molecular weight excluding hydrogens is 337 g/mol. The first kappa shape index (κ1) is 19.4. The maximum atomic E-state index is 11.2. The van der Waals surface area contributed by atoms with Gasteiger partial charge in [-0.15, -0.1) is 6.42 Å². The van der Waals surface area contributed by atoms with Crippen molar-refractivity contribution in [2.24, 2.45) is 0 Å².